The van der Waals surface area contributed by atoms with Crippen LogP contribution in [0.3, 0.4) is 0 Å². The molecule has 6 heteroatoms. The van der Waals surface area contributed by atoms with E-state index in [1.807, 2.05) is 11.8 Å². The lowest BCUT2D eigenvalue weighted by Gasteiger charge is -2.21. The minimum absolute atomic E-state index is 0.149. The predicted octanol–water partition coefficient (Wildman–Crippen LogP) is 3.40. The molecular formula is C12H14Cl2N2OS. The predicted molar refractivity (Wildman–Crippen MR) is 76.7 cm³/mol. The third-order valence-electron chi connectivity index (χ3n) is 2.82. The second-order valence-corrected chi connectivity index (χ2v) is 6.32. The van der Waals surface area contributed by atoms with Crippen molar-refractivity contribution < 1.29 is 4.79 Å². The first-order valence-electron chi connectivity index (χ1n) is 5.88. The molecule has 0 radical (unpaired) electrons. The van der Waals surface area contributed by atoms with Gasteiger partial charge in [0.2, 0.25) is 0 Å². The Kier molecular flexibility index (Phi) is 5.15. The van der Waals surface area contributed by atoms with Crippen LogP contribution < -0.4 is 5.32 Å². The fourth-order valence-corrected chi connectivity index (χ4v) is 3.52. The van der Waals surface area contributed by atoms with Crippen LogP contribution in [0, 0.1) is 0 Å². The van der Waals surface area contributed by atoms with Crippen molar-refractivity contribution in [1.29, 1.82) is 0 Å². The first kappa shape index (κ1) is 14.0. The van der Waals surface area contributed by atoms with E-state index >= 15 is 0 Å². The zero-order valence-corrected chi connectivity index (χ0v) is 12.1. The Bertz CT molecular complexity index is 436. The maximum Gasteiger partial charge on any atom is 0.254 e. The fourth-order valence-electron chi connectivity index (χ4n) is 1.85. The number of aromatic nitrogens is 1. The van der Waals surface area contributed by atoms with E-state index in [1.54, 1.807) is 12.1 Å². The summed E-state index contributed by atoms with van der Waals surface area (Å²) in [6, 6.07) is 3.17. The summed E-state index contributed by atoms with van der Waals surface area (Å²) in [4.78, 5) is 15.8. The summed E-state index contributed by atoms with van der Waals surface area (Å²) in [5.74, 6) is 0.999. The molecule has 0 aromatic carbocycles. The number of halogens is 2. The highest BCUT2D eigenvalue weighted by Gasteiger charge is 2.17. The molecule has 0 bridgehead atoms. The molecular weight excluding hydrogens is 291 g/mol. The van der Waals surface area contributed by atoms with Gasteiger partial charge in [0.1, 0.15) is 10.3 Å². The summed E-state index contributed by atoms with van der Waals surface area (Å²) in [7, 11) is 0. The van der Waals surface area contributed by atoms with Gasteiger partial charge in [0, 0.05) is 11.8 Å². The molecule has 1 unspecified atom stereocenters. The maximum absolute atomic E-state index is 11.9. The van der Waals surface area contributed by atoms with Crippen LogP contribution in [0.1, 0.15) is 29.6 Å². The quantitative estimate of drug-likeness (QED) is 0.870. The molecule has 0 spiro atoms. The molecule has 1 saturated heterocycles. The Hall–Kier alpha value is -0.450. The van der Waals surface area contributed by atoms with E-state index in [1.165, 1.54) is 18.6 Å². The van der Waals surface area contributed by atoms with Crippen molar-refractivity contribution >= 4 is 40.9 Å². The van der Waals surface area contributed by atoms with Crippen LogP contribution in [-0.2, 0) is 0 Å². The molecule has 98 valence electrons. The average Bonchev–Trinajstić information content (AvgIpc) is 2.37. The maximum atomic E-state index is 11.9. The average molecular weight is 305 g/mol. The van der Waals surface area contributed by atoms with Crippen molar-refractivity contribution in [3.8, 4) is 0 Å². The molecule has 1 amide bonds. The molecule has 1 aromatic rings. The van der Waals surface area contributed by atoms with E-state index in [4.69, 9.17) is 23.2 Å². The molecule has 2 heterocycles. The normalized spacial score (nSPS) is 19.6. The van der Waals surface area contributed by atoms with Gasteiger partial charge in [-0.15, -0.1) is 0 Å². The lowest BCUT2D eigenvalue weighted by atomic mass is 10.2. The molecule has 1 aliphatic rings. The first-order valence-corrected chi connectivity index (χ1v) is 7.69. The smallest absolute Gasteiger partial charge is 0.254 e. The van der Waals surface area contributed by atoms with E-state index in [0.29, 0.717) is 22.5 Å². The number of amides is 1. The molecule has 1 aliphatic heterocycles. The third kappa shape index (κ3) is 3.77. The van der Waals surface area contributed by atoms with Crippen molar-refractivity contribution in [2.24, 2.45) is 0 Å². The Balaban J connectivity index is 1.90. The van der Waals surface area contributed by atoms with Crippen LogP contribution in [0.2, 0.25) is 10.3 Å². The Morgan fingerprint density at radius 1 is 1.44 bits per heavy atom. The first-order chi connectivity index (χ1) is 8.66. The van der Waals surface area contributed by atoms with Crippen LogP contribution in [0.25, 0.3) is 0 Å². The zero-order chi connectivity index (χ0) is 13.0. The minimum atomic E-state index is -0.185. The van der Waals surface area contributed by atoms with E-state index in [-0.39, 0.29) is 11.1 Å². The van der Waals surface area contributed by atoms with Gasteiger partial charge >= 0.3 is 0 Å². The third-order valence-corrected chi connectivity index (χ3v) is 4.72. The lowest BCUT2D eigenvalue weighted by Crippen LogP contribution is -2.32. The van der Waals surface area contributed by atoms with E-state index in [9.17, 15) is 4.79 Å². The molecule has 0 aliphatic carbocycles. The Labute approximate surface area is 121 Å². The number of carbonyl (C=O) groups is 1. The number of thioether (sulfide) groups is 1. The number of carbonyl (C=O) groups excluding carboxylic acids is 1. The minimum Gasteiger partial charge on any atom is -0.351 e. The molecule has 3 nitrogen and oxygen atoms in total. The van der Waals surface area contributed by atoms with E-state index in [2.05, 4.69) is 10.3 Å². The second-order valence-electron chi connectivity index (χ2n) is 4.17. The van der Waals surface area contributed by atoms with Gasteiger partial charge in [-0.05, 0) is 30.7 Å². The summed E-state index contributed by atoms with van der Waals surface area (Å²) >= 11 is 13.5. The lowest BCUT2D eigenvalue weighted by molar-refractivity contribution is 0.0953. The van der Waals surface area contributed by atoms with E-state index < -0.39 is 0 Å². The van der Waals surface area contributed by atoms with Crippen molar-refractivity contribution in [3.63, 3.8) is 0 Å². The van der Waals surface area contributed by atoms with Crippen LogP contribution in [-0.4, -0.2) is 28.4 Å². The number of hydrogen-bond acceptors (Lipinski definition) is 3. The molecule has 18 heavy (non-hydrogen) atoms. The summed E-state index contributed by atoms with van der Waals surface area (Å²) in [5.41, 5.74) is 0.377. The topological polar surface area (TPSA) is 42.0 Å². The zero-order valence-electron chi connectivity index (χ0n) is 9.79. The SMILES string of the molecule is O=C(NCC1CCCCS1)c1ccc(Cl)nc1Cl. The fraction of sp³-hybridized carbons (Fsp3) is 0.500. The van der Waals surface area contributed by atoms with Gasteiger partial charge in [-0.1, -0.05) is 29.6 Å². The van der Waals surface area contributed by atoms with Crippen molar-refractivity contribution in [1.82, 2.24) is 10.3 Å². The van der Waals surface area contributed by atoms with Crippen molar-refractivity contribution in [2.75, 3.05) is 12.3 Å². The molecule has 1 N–H and O–H groups in total. The van der Waals surface area contributed by atoms with Gasteiger partial charge in [-0.25, -0.2) is 4.98 Å². The Morgan fingerprint density at radius 3 is 2.94 bits per heavy atom. The number of pyridine rings is 1. The molecule has 1 aromatic heterocycles. The number of hydrogen-bond donors (Lipinski definition) is 1. The highest BCUT2D eigenvalue weighted by atomic mass is 35.5. The largest absolute Gasteiger partial charge is 0.351 e. The Morgan fingerprint density at radius 2 is 2.28 bits per heavy atom. The number of nitrogens with one attached hydrogen (secondary N) is 1. The van der Waals surface area contributed by atoms with Crippen LogP contribution in [0.4, 0.5) is 0 Å². The van der Waals surface area contributed by atoms with Crippen LogP contribution in [0.5, 0.6) is 0 Å². The van der Waals surface area contributed by atoms with Crippen molar-refractivity contribution in [3.05, 3.63) is 28.0 Å². The van der Waals surface area contributed by atoms with Gasteiger partial charge in [-0.2, -0.15) is 11.8 Å². The van der Waals surface area contributed by atoms with Gasteiger partial charge in [-0.3, -0.25) is 4.79 Å². The van der Waals surface area contributed by atoms with Crippen LogP contribution >= 0.6 is 35.0 Å². The molecule has 1 fully saturated rings. The summed E-state index contributed by atoms with van der Waals surface area (Å²) < 4.78 is 0. The standard InChI is InChI=1S/C12H14Cl2N2OS/c13-10-5-4-9(11(14)16-10)12(17)15-7-8-3-1-2-6-18-8/h4-5,8H,1-3,6-7H2,(H,15,17). The van der Waals surface area contributed by atoms with Crippen LogP contribution in [0.15, 0.2) is 12.1 Å². The van der Waals surface area contributed by atoms with Crippen molar-refractivity contribution in [2.45, 2.75) is 24.5 Å². The highest BCUT2D eigenvalue weighted by Crippen LogP contribution is 2.24. The number of nitrogens with zero attached hydrogens (tertiary/aromatic N) is 1. The van der Waals surface area contributed by atoms with Gasteiger partial charge in [0.15, 0.2) is 0 Å². The monoisotopic (exact) mass is 304 g/mol. The molecule has 1 atom stereocenters. The van der Waals surface area contributed by atoms with Gasteiger partial charge in [0.25, 0.3) is 5.91 Å². The highest BCUT2D eigenvalue weighted by molar-refractivity contribution is 7.99. The molecule has 0 saturated carbocycles. The molecule has 2 rings (SSSR count). The number of rotatable bonds is 3. The second kappa shape index (κ2) is 6.64. The van der Waals surface area contributed by atoms with E-state index in [0.717, 1.165) is 6.42 Å². The summed E-state index contributed by atoms with van der Waals surface area (Å²) in [6.45, 7) is 0.683. The van der Waals surface area contributed by atoms with Gasteiger partial charge in [0.05, 0.1) is 5.56 Å². The van der Waals surface area contributed by atoms with Gasteiger partial charge < -0.3 is 5.32 Å². The summed E-state index contributed by atoms with van der Waals surface area (Å²) in [5, 5.41) is 3.86. The summed E-state index contributed by atoms with van der Waals surface area (Å²) in [6.07, 6.45) is 3.69.